The first kappa shape index (κ1) is 16.3. The lowest BCUT2D eigenvalue weighted by Crippen LogP contribution is -2.40. The molecule has 0 aromatic heterocycles. The SMILES string of the molecule is CC(C)C1=C[C@H](c2ccccc2)C(C#N)(C#N)[C@@H](C(C)C)C1. The molecule has 0 saturated heterocycles. The Labute approximate surface area is 134 Å². The quantitative estimate of drug-likeness (QED) is 0.731. The predicted molar refractivity (Wildman–Crippen MR) is 88.7 cm³/mol. The van der Waals surface area contributed by atoms with E-state index >= 15 is 0 Å². The molecule has 22 heavy (non-hydrogen) atoms. The number of allylic oxidation sites excluding steroid dienone is 2. The number of nitriles is 2. The molecule has 2 nitrogen and oxygen atoms in total. The minimum Gasteiger partial charge on any atom is -0.197 e. The monoisotopic (exact) mass is 292 g/mol. The van der Waals surface area contributed by atoms with Gasteiger partial charge in [0, 0.05) is 5.92 Å². The Hall–Kier alpha value is -2.06. The van der Waals surface area contributed by atoms with Crippen LogP contribution in [0.3, 0.4) is 0 Å². The Balaban J connectivity index is 2.65. The van der Waals surface area contributed by atoms with Crippen LogP contribution in [0.25, 0.3) is 0 Å². The summed E-state index contributed by atoms with van der Waals surface area (Å²) in [6.45, 7) is 8.63. The van der Waals surface area contributed by atoms with Crippen LogP contribution in [0.5, 0.6) is 0 Å². The van der Waals surface area contributed by atoms with Crippen LogP contribution in [-0.4, -0.2) is 0 Å². The molecule has 1 aliphatic carbocycles. The molecule has 0 bridgehead atoms. The zero-order valence-corrected chi connectivity index (χ0v) is 13.9. The maximum absolute atomic E-state index is 9.92. The molecular formula is C20H24N2. The predicted octanol–water partition coefficient (Wildman–Crippen LogP) is 5.06. The largest absolute Gasteiger partial charge is 0.197 e. The molecule has 1 aliphatic rings. The second-order valence-corrected chi connectivity index (χ2v) is 6.93. The van der Waals surface area contributed by atoms with Crippen LogP contribution in [0.15, 0.2) is 42.0 Å². The van der Waals surface area contributed by atoms with Crippen molar-refractivity contribution < 1.29 is 0 Å². The zero-order chi connectivity index (χ0) is 16.3. The van der Waals surface area contributed by atoms with Gasteiger partial charge in [-0.2, -0.15) is 10.5 Å². The van der Waals surface area contributed by atoms with Gasteiger partial charge in [0.2, 0.25) is 0 Å². The molecule has 2 rings (SSSR count). The van der Waals surface area contributed by atoms with Crippen molar-refractivity contribution in [3.05, 3.63) is 47.5 Å². The first-order valence-electron chi connectivity index (χ1n) is 8.04. The fraction of sp³-hybridized carbons (Fsp3) is 0.500. The maximum atomic E-state index is 9.92. The first-order chi connectivity index (χ1) is 10.5. The summed E-state index contributed by atoms with van der Waals surface area (Å²) in [5, 5.41) is 19.8. The van der Waals surface area contributed by atoms with Crippen molar-refractivity contribution in [2.75, 3.05) is 0 Å². The maximum Gasteiger partial charge on any atom is 0.157 e. The smallest absolute Gasteiger partial charge is 0.157 e. The van der Waals surface area contributed by atoms with Crippen LogP contribution in [-0.2, 0) is 0 Å². The summed E-state index contributed by atoms with van der Waals surface area (Å²) >= 11 is 0. The lowest BCUT2D eigenvalue weighted by Gasteiger charge is -2.42. The van der Waals surface area contributed by atoms with E-state index in [-0.39, 0.29) is 11.8 Å². The molecule has 0 amide bonds. The van der Waals surface area contributed by atoms with Gasteiger partial charge >= 0.3 is 0 Å². The number of hydrogen-bond donors (Lipinski definition) is 0. The summed E-state index contributed by atoms with van der Waals surface area (Å²) in [7, 11) is 0. The fourth-order valence-electron chi connectivity index (χ4n) is 3.60. The van der Waals surface area contributed by atoms with Gasteiger partial charge < -0.3 is 0 Å². The highest BCUT2D eigenvalue weighted by atomic mass is 14.5. The van der Waals surface area contributed by atoms with Crippen LogP contribution in [0.2, 0.25) is 0 Å². The molecule has 0 unspecified atom stereocenters. The molecule has 0 fully saturated rings. The Morgan fingerprint density at radius 1 is 1.05 bits per heavy atom. The third-order valence-corrected chi connectivity index (χ3v) is 4.99. The third kappa shape index (κ3) is 2.67. The van der Waals surface area contributed by atoms with Crippen molar-refractivity contribution in [2.24, 2.45) is 23.2 Å². The van der Waals surface area contributed by atoms with Crippen molar-refractivity contribution in [1.82, 2.24) is 0 Å². The lowest BCUT2D eigenvalue weighted by molar-refractivity contribution is 0.197. The Bertz CT molecular complexity index is 612. The number of hydrogen-bond acceptors (Lipinski definition) is 2. The summed E-state index contributed by atoms with van der Waals surface area (Å²) in [4.78, 5) is 0. The molecule has 0 aliphatic heterocycles. The van der Waals surface area contributed by atoms with E-state index in [9.17, 15) is 10.5 Å². The van der Waals surface area contributed by atoms with Crippen LogP contribution in [0, 0.1) is 45.8 Å². The first-order valence-corrected chi connectivity index (χ1v) is 8.04. The van der Waals surface area contributed by atoms with E-state index in [0.717, 1.165) is 12.0 Å². The van der Waals surface area contributed by atoms with E-state index in [4.69, 9.17) is 0 Å². The summed E-state index contributed by atoms with van der Waals surface area (Å²) in [6, 6.07) is 14.8. The van der Waals surface area contributed by atoms with Crippen molar-refractivity contribution in [2.45, 2.75) is 40.0 Å². The lowest BCUT2D eigenvalue weighted by atomic mass is 9.57. The highest BCUT2D eigenvalue weighted by Gasteiger charge is 2.50. The van der Waals surface area contributed by atoms with E-state index in [1.807, 2.05) is 30.3 Å². The van der Waals surface area contributed by atoms with Crippen LogP contribution in [0.1, 0.15) is 45.6 Å². The zero-order valence-electron chi connectivity index (χ0n) is 13.9. The molecule has 0 spiro atoms. The Morgan fingerprint density at radius 3 is 2.09 bits per heavy atom. The normalized spacial score (nSPS) is 23.7. The van der Waals surface area contributed by atoms with Gasteiger partial charge in [0.25, 0.3) is 0 Å². The number of rotatable bonds is 3. The fourth-order valence-corrected chi connectivity index (χ4v) is 3.60. The van der Waals surface area contributed by atoms with E-state index in [0.29, 0.717) is 11.8 Å². The third-order valence-electron chi connectivity index (χ3n) is 4.99. The van der Waals surface area contributed by atoms with Crippen LogP contribution >= 0.6 is 0 Å². The standard InChI is InChI=1S/C20H24N2/c1-14(2)17-10-18(15(3)4)20(12-21,13-22)19(11-17)16-8-6-5-7-9-16/h5-9,11,14-15,18-19H,10H2,1-4H3/t18-,19-/m1/s1. The van der Waals surface area contributed by atoms with Gasteiger partial charge in [-0.3, -0.25) is 0 Å². The highest BCUT2D eigenvalue weighted by molar-refractivity contribution is 5.40. The van der Waals surface area contributed by atoms with Gasteiger partial charge in [0.05, 0.1) is 12.1 Å². The van der Waals surface area contributed by atoms with Crippen molar-refractivity contribution in [3.8, 4) is 12.1 Å². The minimum absolute atomic E-state index is 0.0649. The summed E-state index contributed by atoms with van der Waals surface area (Å²) < 4.78 is 0. The van der Waals surface area contributed by atoms with Gasteiger partial charge in [-0.1, -0.05) is 69.7 Å². The van der Waals surface area contributed by atoms with Gasteiger partial charge in [0.1, 0.15) is 0 Å². The highest BCUT2D eigenvalue weighted by Crippen LogP contribution is 2.52. The molecule has 1 aromatic rings. The second-order valence-electron chi connectivity index (χ2n) is 6.93. The molecule has 0 N–H and O–H groups in total. The van der Waals surface area contributed by atoms with E-state index in [1.165, 1.54) is 5.57 Å². The van der Waals surface area contributed by atoms with E-state index in [1.54, 1.807) is 0 Å². The Kier molecular flexibility index (Phi) is 4.72. The van der Waals surface area contributed by atoms with Gasteiger partial charge in [-0.25, -0.2) is 0 Å². The molecular weight excluding hydrogens is 268 g/mol. The van der Waals surface area contributed by atoms with Gasteiger partial charge in [-0.15, -0.1) is 0 Å². The van der Waals surface area contributed by atoms with Crippen molar-refractivity contribution in [3.63, 3.8) is 0 Å². The van der Waals surface area contributed by atoms with Crippen molar-refractivity contribution >= 4 is 0 Å². The topological polar surface area (TPSA) is 47.6 Å². The van der Waals surface area contributed by atoms with E-state index < -0.39 is 5.41 Å². The second kappa shape index (κ2) is 6.37. The molecule has 0 saturated carbocycles. The molecule has 0 heterocycles. The van der Waals surface area contributed by atoms with E-state index in [2.05, 4.69) is 45.9 Å². The number of nitrogens with zero attached hydrogens (tertiary/aromatic N) is 2. The molecule has 0 radical (unpaired) electrons. The summed E-state index contributed by atoms with van der Waals surface area (Å²) in [5.41, 5.74) is 1.45. The van der Waals surface area contributed by atoms with Gasteiger partial charge in [0.15, 0.2) is 5.41 Å². The van der Waals surface area contributed by atoms with Gasteiger partial charge in [-0.05, 0) is 29.7 Å². The van der Waals surface area contributed by atoms with Crippen molar-refractivity contribution in [1.29, 1.82) is 10.5 Å². The van der Waals surface area contributed by atoms with Crippen LogP contribution in [0.4, 0.5) is 0 Å². The Morgan fingerprint density at radius 2 is 1.64 bits per heavy atom. The minimum atomic E-state index is -0.978. The number of benzene rings is 1. The molecule has 1 aromatic carbocycles. The average Bonchev–Trinajstić information content (AvgIpc) is 2.53. The summed E-state index contributed by atoms with van der Waals surface area (Å²) in [5.74, 6) is 0.660. The molecule has 2 heteroatoms. The molecule has 2 atom stereocenters. The molecule has 114 valence electrons. The van der Waals surface area contributed by atoms with Crippen LogP contribution < -0.4 is 0 Å². The average molecular weight is 292 g/mol. The summed E-state index contributed by atoms with van der Waals surface area (Å²) in [6.07, 6.45) is 3.03.